The third-order valence-electron chi connectivity index (χ3n) is 4.28. The summed E-state index contributed by atoms with van der Waals surface area (Å²) in [7, 11) is -1.80. The van der Waals surface area contributed by atoms with Crippen molar-refractivity contribution in [1.82, 2.24) is 14.7 Å². The van der Waals surface area contributed by atoms with Crippen molar-refractivity contribution in [2.45, 2.75) is 11.6 Å². The average Bonchev–Trinajstić information content (AvgIpc) is 3.05. The first-order valence-electron chi connectivity index (χ1n) is 8.70. The van der Waals surface area contributed by atoms with E-state index in [1.807, 2.05) is 0 Å². The number of halogens is 1. The Morgan fingerprint density at radius 2 is 1.93 bits per heavy atom. The van der Waals surface area contributed by atoms with Crippen LogP contribution in [0.15, 0.2) is 53.8 Å². The largest absolute Gasteiger partial charge is 0.372 e. The molecule has 0 aliphatic heterocycles. The molecule has 0 spiro atoms. The number of sulfone groups is 1. The molecule has 1 aromatic carbocycles. The molecule has 7 nitrogen and oxygen atoms in total. The van der Waals surface area contributed by atoms with Gasteiger partial charge < -0.3 is 10.2 Å². The second-order valence-electron chi connectivity index (χ2n) is 6.45. The van der Waals surface area contributed by atoms with Crippen LogP contribution in [0.3, 0.4) is 0 Å². The quantitative estimate of drug-likeness (QED) is 0.610. The van der Waals surface area contributed by atoms with Crippen LogP contribution in [-0.2, 0) is 9.84 Å². The van der Waals surface area contributed by atoms with Crippen LogP contribution in [0.4, 0.5) is 10.1 Å². The molecule has 0 radical (unpaired) electrons. The molecule has 148 valence electrons. The van der Waals surface area contributed by atoms with E-state index in [-0.39, 0.29) is 16.7 Å². The fraction of sp³-hybridized carbons (Fsp3) is 0.263. The summed E-state index contributed by atoms with van der Waals surface area (Å²) >= 11 is 0. The molecule has 0 unspecified atom stereocenters. The lowest BCUT2D eigenvalue weighted by atomic mass is 10.2. The van der Waals surface area contributed by atoms with Crippen LogP contribution < -0.4 is 10.2 Å². The molecule has 1 amide bonds. The topological polar surface area (TPSA) is 83.8 Å². The first-order valence-corrected chi connectivity index (χ1v) is 10.6. The molecule has 0 saturated carbocycles. The van der Waals surface area contributed by atoms with Crippen LogP contribution in [-0.4, -0.2) is 50.1 Å². The lowest BCUT2D eigenvalue weighted by Gasteiger charge is -2.19. The van der Waals surface area contributed by atoms with Crippen molar-refractivity contribution in [3.63, 3.8) is 0 Å². The van der Waals surface area contributed by atoms with Gasteiger partial charge in [-0.3, -0.25) is 9.20 Å². The highest BCUT2D eigenvalue weighted by atomic mass is 32.2. The van der Waals surface area contributed by atoms with Gasteiger partial charge in [-0.2, -0.15) is 0 Å². The number of hydrogen-bond donors (Lipinski definition) is 1. The molecule has 0 aliphatic rings. The number of pyridine rings is 1. The summed E-state index contributed by atoms with van der Waals surface area (Å²) in [4.78, 5) is 18.3. The normalized spacial score (nSPS) is 11.5. The highest BCUT2D eigenvalue weighted by molar-refractivity contribution is 7.90. The van der Waals surface area contributed by atoms with Gasteiger partial charge in [-0.25, -0.2) is 17.8 Å². The van der Waals surface area contributed by atoms with E-state index in [4.69, 9.17) is 0 Å². The number of benzene rings is 1. The highest BCUT2D eigenvalue weighted by Gasteiger charge is 2.22. The number of carbonyl (C=O) groups is 1. The van der Waals surface area contributed by atoms with Crippen LogP contribution in [0.1, 0.15) is 16.9 Å². The van der Waals surface area contributed by atoms with Crippen LogP contribution in [0.5, 0.6) is 0 Å². The Bertz CT molecular complexity index is 1110. The van der Waals surface area contributed by atoms with Gasteiger partial charge in [-0.05, 0) is 30.7 Å². The van der Waals surface area contributed by atoms with Gasteiger partial charge >= 0.3 is 0 Å². The third kappa shape index (κ3) is 4.14. The van der Waals surface area contributed by atoms with E-state index in [2.05, 4.69) is 10.3 Å². The molecule has 0 fully saturated rings. The van der Waals surface area contributed by atoms with Crippen molar-refractivity contribution in [3.8, 4) is 0 Å². The fourth-order valence-corrected chi connectivity index (χ4v) is 3.70. The second kappa shape index (κ2) is 7.97. The minimum absolute atomic E-state index is 0.0588. The minimum Gasteiger partial charge on any atom is -0.372 e. The molecule has 3 rings (SSSR count). The Hall–Kier alpha value is -2.94. The van der Waals surface area contributed by atoms with Gasteiger partial charge in [0.05, 0.1) is 11.2 Å². The number of nitrogens with one attached hydrogen (secondary N) is 1. The Morgan fingerprint density at radius 3 is 2.64 bits per heavy atom. The smallest absolute Gasteiger partial charge is 0.272 e. The molecule has 2 heterocycles. The van der Waals surface area contributed by atoms with Crippen molar-refractivity contribution in [2.75, 3.05) is 31.3 Å². The van der Waals surface area contributed by atoms with Gasteiger partial charge in [0, 0.05) is 32.6 Å². The first kappa shape index (κ1) is 19.8. The van der Waals surface area contributed by atoms with Crippen LogP contribution in [0, 0.1) is 5.82 Å². The summed E-state index contributed by atoms with van der Waals surface area (Å²) in [6, 6.07) is 11.5. The van der Waals surface area contributed by atoms with E-state index in [9.17, 15) is 17.6 Å². The SMILES string of the molecule is CN(CCCNC(=O)c1nc(S(C)(=O)=O)n2ccccc12)c1ccccc1F. The van der Waals surface area contributed by atoms with Gasteiger partial charge in [-0.1, -0.05) is 18.2 Å². The average molecular weight is 404 g/mol. The number of imidazole rings is 1. The maximum atomic E-state index is 13.8. The van der Waals surface area contributed by atoms with Crippen LogP contribution in [0.2, 0.25) is 0 Å². The molecule has 9 heteroatoms. The van der Waals surface area contributed by atoms with Gasteiger partial charge in [0.1, 0.15) is 5.82 Å². The second-order valence-corrected chi connectivity index (χ2v) is 8.36. The molecule has 0 atom stereocenters. The Kier molecular flexibility index (Phi) is 5.64. The van der Waals surface area contributed by atoms with Crippen LogP contribution in [0.25, 0.3) is 5.52 Å². The number of nitrogens with zero attached hydrogens (tertiary/aromatic N) is 3. The number of fused-ring (bicyclic) bond motifs is 1. The molecular formula is C19H21FN4O3S. The fourth-order valence-electron chi connectivity index (χ4n) is 2.92. The van der Waals surface area contributed by atoms with E-state index in [1.165, 1.54) is 10.5 Å². The lowest BCUT2D eigenvalue weighted by molar-refractivity contribution is 0.0950. The standard InChI is InChI=1S/C19H21FN4O3S/c1-23(15-9-4-3-8-14(15)20)12-7-11-21-18(25)17-16-10-5-6-13-24(16)19(22-17)28(2,26)27/h3-6,8-10,13H,7,11-12H2,1-2H3,(H,21,25). The van der Waals surface area contributed by atoms with E-state index in [0.29, 0.717) is 30.7 Å². The zero-order chi connectivity index (χ0) is 20.3. The number of aromatic nitrogens is 2. The van der Waals surface area contributed by atoms with Crippen molar-refractivity contribution in [1.29, 1.82) is 0 Å². The molecule has 0 saturated heterocycles. The van der Waals surface area contributed by atoms with Gasteiger partial charge in [0.15, 0.2) is 5.69 Å². The minimum atomic E-state index is -3.58. The summed E-state index contributed by atoms with van der Waals surface area (Å²) in [5.74, 6) is -0.751. The predicted octanol–water partition coefficient (Wildman–Crippen LogP) is 2.13. The van der Waals surface area contributed by atoms with E-state index in [1.54, 1.807) is 54.5 Å². The number of carbonyl (C=O) groups excluding carboxylic acids is 1. The summed E-state index contributed by atoms with van der Waals surface area (Å²) in [5, 5.41) is 2.57. The Balaban J connectivity index is 1.65. The lowest BCUT2D eigenvalue weighted by Crippen LogP contribution is -2.28. The number of anilines is 1. The summed E-state index contributed by atoms with van der Waals surface area (Å²) in [6.07, 6.45) is 3.19. The molecule has 0 bridgehead atoms. The predicted molar refractivity (Wildman–Crippen MR) is 105 cm³/mol. The van der Waals surface area contributed by atoms with Crippen molar-refractivity contribution < 1.29 is 17.6 Å². The Labute approximate surface area is 162 Å². The highest BCUT2D eigenvalue weighted by Crippen LogP contribution is 2.18. The first-order chi connectivity index (χ1) is 13.3. The maximum Gasteiger partial charge on any atom is 0.272 e. The summed E-state index contributed by atoms with van der Waals surface area (Å²) in [5.41, 5.74) is 0.971. The molecular weight excluding hydrogens is 383 g/mol. The summed E-state index contributed by atoms with van der Waals surface area (Å²) < 4.78 is 39.0. The number of rotatable bonds is 7. The van der Waals surface area contributed by atoms with Crippen molar-refractivity contribution >= 4 is 26.9 Å². The summed E-state index contributed by atoms with van der Waals surface area (Å²) in [6.45, 7) is 0.886. The van der Waals surface area contributed by atoms with Gasteiger partial charge in [0.2, 0.25) is 15.0 Å². The monoisotopic (exact) mass is 404 g/mol. The van der Waals surface area contributed by atoms with E-state index >= 15 is 0 Å². The molecule has 2 aromatic heterocycles. The van der Waals surface area contributed by atoms with Gasteiger partial charge in [0.25, 0.3) is 5.91 Å². The van der Waals surface area contributed by atoms with Gasteiger partial charge in [-0.15, -0.1) is 0 Å². The molecule has 28 heavy (non-hydrogen) atoms. The van der Waals surface area contributed by atoms with E-state index < -0.39 is 15.7 Å². The number of hydrogen-bond acceptors (Lipinski definition) is 5. The zero-order valence-corrected chi connectivity index (χ0v) is 16.4. The number of amides is 1. The zero-order valence-electron chi connectivity index (χ0n) is 15.6. The maximum absolute atomic E-state index is 13.8. The molecule has 1 N–H and O–H groups in total. The molecule has 0 aliphatic carbocycles. The van der Waals surface area contributed by atoms with Crippen molar-refractivity contribution in [3.05, 3.63) is 60.2 Å². The Morgan fingerprint density at radius 1 is 1.21 bits per heavy atom. The van der Waals surface area contributed by atoms with Crippen molar-refractivity contribution in [2.24, 2.45) is 0 Å². The van der Waals surface area contributed by atoms with E-state index in [0.717, 1.165) is 6.26 Å². The third-order valence-corrected chi connectivity index (χ3v) is 5.23. The van der Waals surface area contributed by atoms with Crippen LogP contribution >= 0.6 is 0 Å². The molecule has 3 aromatic rings. The number of para-hydroxylation sites is 1.